The quantitative estimate of drug-likeness (QED) is 0.500. The van der Waals surface area contributed by atoms with Gasteiger partial charge >= 0.3 is 0 Å². The maximum absolute atomic E-state index is 13.0. The number of amides is 2. The average molecular weight is 463 g/mol. The molecule has 184 valence electrons. The highest BCUT2D eigenvalue weighted by Crippen LogP contribution is 2.31. The molecule has 2 amide bonds. The zero-order valence-corrected chi connectivity index (χ0v) is 21.4. The molecule has 0 aromatic heterocycles. The van der Waals surface area contributed by atoms with E-state index in [1.54, 1.807) is 0 Å². The van der Waals surface area contributed by atoms with Crippen molar-refractivity contribution in [3.05, 3.63) is 47.5 Å². The first-order chi connectivity index (χ1) is 16.3. The molecule has 0 aliphatic heterocycles. The molecule has 0 spiro atoms. The highest BCUT2D eigenvalue weighted by molar-refractivity contribution is 6.02. The van der Waals surface area contributed by atoms with Gasteiger partial charge in [-0.15, -0.1) is 0 Å². The van der Waals surface area contributed by atoms with E-state index >= 15 is 0 Å². The predicted molar refractivity (Wildman–Crippen MR) is 140 cm³/mol. The Bertz CT molecular complexity index is 931. The maximum atomic E-state index is 13.0. The van der Waals surface area contributed by atoms with Crippen molar-refractivity contribution in [2.45, 2.75) is 91.1 Å². The molecule has 2 aromatic rings. The van der Waals surface area contributed by atoms with Gasteiger partial charge in [0.2, 0.25) is 0 Å². The van der Waals surface area contributed by atoms with Gasteiger partial charge in [0, 0.05) is 23.2 Å². The summed E-state index contributed by atoms with van der Waals surface area (Å²) in [4.78, 5) is 26.1. The SMILES string of the molecule is CC(C)C1CCCCC1NC(=O)c1ccc2cc(C(=O)NC3CCCCC3C(C)C)ccc2c1. The lowest BCUT2D eigenvalue weighted by Crippen LogP contribution is -2.44. The van der Waals surface area contributed by atoms with Crippen molar-refractivity contribution in [3.8, 4) is 0 Å². The topological polar surface area (TPSA) is 58.2 Å². The third-order valence-corrected chi connectivity index (χ3v) is 8.35. The van der Waals surface area contributed by atoms with Crippen LogP contribution in [0.1, 0.15) is 99.8 Å². The first kappa shape index (κ1) is 24.8. The Hall–Kier alpha value is -2.36. The summed E-state index contributed by atoms with van der Waals surface area (Å²) in [5, 5.41) is 8.62. The van der Waals surface area contributed by atoms with Crippen molar-refractivity contribution in [2.75, 3.05) is 0 Å². The number of fused-ring (bicyclic) bond motifs is 1. The minimum absolute atomic E-state index is 0.0123. The lowest BCUT2D eigenvalue weighted by Gasteiger charge is -2.35. The van der Waals surface area contributed by atoms with Gasteiger partial charge in [-0.3, -0.25) is 9.59 Å². The van der Waals surface area contributed by atoms with E-state index < -0.39 is 0 Å². The smallest absolute Gasteiger partial charge is 0.251 e. The van der Waals surface area contributed by atoms with Crippen LogP contribution in [0.4, 0.5) is 0 Å². The number of rotatable bonds is 6. The van der Waals surface area contributed by atoms with Crippen LogP contribution in [-0.2, 0) is 0 Å². The normalized spacial score (nSPS) is 25.5. The van der Waals surface area contributed by atoms with E-state index in [1.165, 1.54) is 38.5 Å². The highest BCUT2D eigenvalue weighted by Gasteiger charge is 2.30. The Labute approximate surface area is 205 Å². The Morgan fingerprint density at radius 3 is 1.41 bits per heavy atom. The molecule has 0 radical (unpaired) electrons. The lowest BCUT2D eigenvalue weighted by molar-refractivity contribution is 0.0880. The van der Waals surface area contributed by atoms with Crippen LogP contribution in [-0.4, -0.2) is 23.9 Å². The second-order valence-corrected chi connectivity index (χ2v) is 11.3. The number of hydrogen-bond acceptors (Lipinski definition) is 2. The van der Waals surface area contributed by atoms with Crippen LogP contribution in [0.25, 0.3) is 10.8 Å². The second kappa shape index (κ2) is 10.9. The lowest BCUT2D eigenvalue weighted by atomic mass is 9.77. The summed E-state index contributed by atoms with van der Waals surface area (Å²) in [6, 6.07) is 12.2. The molecule has 0 saturated heterocycles. The monoisotopic (exact) mass is 462 g/mol. The molecule has 2 aromatic carbocycles. The van der Waals surface area contributed by atoms with Crippen molar-refractivity contribution in [1.82, 2.24) is 10.6 Å². The molecule has 4 nitrogen and oxygen atoms in total. The molecule has 4 atom stereocenters. The minimum Gasteiger partial charge on any atom is -0.349 e. The molecule has 2 aliphatic carbocycles. The van der Waals surface area contributed by atoms with Crippen LogP contribution in [0.5, 0.6) is 0 Å². The summed E-state index contributed by atoms with van der Waals surface area (Å²) in [7, 11) is 0. The van der Waals surface area contributed by atoms with Crippen LogP contribution in [0.2, 0.25) is 0 Å². The molecule has 2 saturated carbocycles. The molecular formula is C30H42N2O2. The zero-order valence-electron chi connectivity index (χ0n) is 21.4. The van der Waals surface area contributed by atoms with Gasteiger partial charge in [-0.05, 0) is 84.4 Å². The van der Waals surface area contributed by atoms with Gasteiger partial charge in [-0.2, -0.15) is 0 Å². The fourth-order valence-electron chi connectivity index (χ4n) is 6.31. The van der Waals surface area contributed by atoms with Gasteiger partial charge < -0.3 is 10.6 Å². The first-order valence-corrected chi connectivity index (χ1v) is 13.5. The zero-order chi connectivity index (χ0) is 24.2. The van der Waals surface area contributed by atoms with Gasteiger partial charge in [-0.1, -0.05) is 65.5 Å². The Morgan fingerprint density at radius 2 is 1.03 bits per heavy atom. The van der Waals surface area contributed by atoms with Crippen molar-refractivity contribution < 1.29 is 9.59 Å². The second-order valence-electron chi connectivity index (χ2n) is 11.3. The van der Waals surface area contributed by atoms with Gasteiger partial charge in [0.15, 0.2) is 0 Å². The summed E-state index contributed by atoms with van der Waals surface area (Å²) in [5.74, 6) is 2.29. The number of hydrogen-bond donors (Lipinski definition) is 2. The molecule has 0 bridgehead atoms. The summed E-state index contributed by atoms with van der Waals surface area (Å²) in [6.07, 6.45) is 9.44. The molecule has 2 N–H and O–H groups in total. The third-order valence-electron chi connectivity index (χ3n) is 8.35. The highest BCUT2D eigenvalue weighted by atomic mass is 16.2. The number of benzene rings is 2. The van der Waals surface area contributed by atoms with Gasteiger partial charge in [0.25, 0.3) is 11.8 Å². The fourth-order valence-corrected chi connectivity index (χ4v) is 6.31. The largest absolute Gasteiger partial charge is 0.349 e. The average Bonchev–Trinajstić information content (AvgIpc) is 2.83. The minimum atomic E-state index is 0.0123. The Kier molecular flexibility index (Phi) is 7.95. The molecule has 34 heavy (non-hydrogen) atoms. The van der Waals surface area contributed by atoms with E-state index in [0.717, 1.165) is 23.6 Å². The van der Waals surface area contributed by atoms with Gasteiger partial charge in [0.05, 0.1) is 0 Å². The first-order valence-electron chi connectivity index (χ1n) is 13.5. The van der Waals surface area contributed by atoms with Crippen molar-refractivity contribution in [1.29, 1.82) is 0 Å². The molecule has 0 heterocycles. The maximum Gasteiger partial charge on any atom is 0.251 e. The Balaban J connectivity index is 1.45. The summed E-state index contributed by atoms with van der Waals surface area (Å²) in [6.45, 7) is 9.04. The Morgan fingerprint density at radius 1 is 0.647 bits per heavy atom. The van der Waals surface area contributed by atoms with E-state index in [9.17, 15) is 9.59 Å². The number of carbonyl (C=O) groups excluding carboxylic acids is 2. The van der Waals surface area contributed by atoms with E-state index in [4.69, 9.17) is 0 Å². The molecular weight excluding hydrogens is 420 g/mol. The fraction of sp³-hybridized carbons (Fsp3) is 0.600. The summed E-state index contributed by atoms with van der Waals surface area (Å²) < 4.78 is 0. The standard InChI is InChI=1S/C30H42N2O2/c1-19(2)25-9-5-7-11-27(25)31-29(33)23-15-13-22-18-24(16-14-21(22)17-23)30(34)32-28-12-8-6-10-26(28)20(3)4/h13-20,25-28H,5-12H2,1-4H3,(H,31,33)(H,32,34). The molecule has 4 rings (SSSR count). The van der Waals surface area contributed by atoms with Crippen LogP contribution in [0.15, 0.2) is 36.4 Å². The molecule has 2 aliphatic rings. The van der Waals surface area contributed by atoms with E-state index in [1.807, 2.05) is 36.4 Å². The molecule has 4 unspecified atom stereocenters. The van der Waals surface area contributed by atoms with Gasteiger partial charge in [-0.25, -0.2) is 0 Å². The van der Waals surface area contributed by atoms with Gasteiger partial charge in [0.1, 0.15) is 0 Å². The van der Waals surface area contributed by atoms with Crippen LogP contribution in [0, 0.1) is 23.7 Å². The van der Waals surface area contributed by atoms with Crippen LogP contribution < -0.4 is 10.6 Å². The predicted octanol–water partition coefficient (Wildman–Crippen LogP) is 6.73. The van der Waals surface area contributed by atoms with Crippen molar-refractivity contribution >= 4 is 22.6 Å². The summed E-state index contributed by atoms with van der Waals surface area (Å²) >= 11 is 0. The number of carbonyl (C=O) groups is 2. The van der Waals surface area contributed by atoms with Crippen LogP contribution >= 0.6 is 0 Å². The third kappa shape index (κ3) is 5.64. The van der Waals surface area contributed by atoms with E-state index in [2.05, 4.69) is 38.3 Å². The van der Waals surface area contributed by atoms with E-state index in [0.29, 0.717) is 34.8 Å². The van der Waals surface area contributed by atoms with Crippen molar-refractivity contribution in [3.63, 3.8) is 0 Å². The summed E-state index contributed by atoms with van der Waals surface area (Å²) in [5.41, 5.74) is 1.39. The van der Waals surface area contributed by atoms with Crippen molar-refractivity contribution in [2.24, 2.45) is 23.7 Å². The number of nitrogens with one attached hydrogen (secondary N) is 2. The molecule has 4 heteroatoms. The molecule has 2 fully saturated rings. The van der Waals surface area contributed by atoms with E-state index in [-0.39, 0.29) is 23.9 Å². The van der Waals surface area contributed by atoms with Crippen LogP contribution in [0.3, 0.4) is 0 Å².